The third-order valence-electron chi connectivity index (χ3n) is 3.18. The Morgan fingerprint density at radius 3 is 2.27 bits per heavy atom. The zero-order chi connectivity index (χ0) is 16.1. The second-order valence-corrected chi connectivity index (χ2v) is 4.49. The molecule has 0 N–H and O–H groups in total. The zero-order valence-corrected chi connectivity index (χ0v) is 12.8. The minimum Gasteiger partial charge on any atom is -0.495 e. The highest BCUT2D eigenvalue weighted by atomic mass is 16.5. The van der Waals surface area contributed by atoms with E-state index in [4.69, 9.17) is 14.2 Å². The van der Waals surface area contributed by atoms with Crippen LogP contribution in [0.4, 0.5) is 0 Å². The lowest BCUT2D eigenvalue weighted by Crippen LogP contribution is -2.15. The van der Waals surface area contributed by atoms with E-state index < -0.39 is 11.9 Å². The van der Waals surface area contributed by atoms with Gasteiger partial charge in [0, 0.05) is 5.39 Å². The molecule has 0 bridgehead atoms. The Bertz CT molecular complexity index is 706. The number of hydrogen-bond donors (Lipinski definition) is 0. The van der Waals surface area contributed by atoms with Crippen LogP contribution in [-0.4, -0.2) is 32.3 Å². The van der Waals surface area contributed by atoms with Gasteiger partial charge in [-0.1, -0.05) is 24.3 Å². The molecular formula is C17H18O5. The van der Waals surface area contributed by atoms with E-state index in [9.17, 15) is 9.59 Å². The second-order valence-electron chi connectivity index (χ2n) is 4.49. The van der Waals surface area contributed by atoms with Crippen molar-refractivity contribution in [3.05, 3.63) is 41.5 Å². The van der Waals surface area contributed by atoms with Crippen molar-refractivity contribution >= 4 is 22.7 Å². The van der Waals surface area contributed by atoms with Crippen LogP contribution in [0.1, 0.15) is 34.6 Å². The molecule has 0 unspecified atom stereocenters. The van der Waals surface area contributed by atoms with Crippen molar-refractivity contribution in [3.8, 4) is 5.75 Å². The fourth-order valence-electron chi connectivity index (χ4n) is 2.30. The van der Waals surface area contributed by atoms with Gasteiger partial charge >= 0.3 is 11.9 Å². The third kappa shape index (κ3) is 2.88. The lowest BCUT2D eigenvalue weighted by atomic mass is 9.99. The van der Waals surface area contributed by atoms with Crippen molar-refractivity contribution in [3.63, 3.8) is 0 Å². The summed E-state index contributed by atoms with van der Waals surface area (Å²) >= 11 is 0. The Balaban J connectivity index is 2.76. The Hall–Kier alpha value is -2.56. The van der Waals surface area contributed by atoms with Gasteiger partial charge in [0.25, 0.3) is 0 Å². The fraction of sp³-hybridized carbons (Fsp3) is 0.294. The molecule has 5 heteroatoms. The summed E-state index contributed by atoms with van der Waals surface area (Å²) in [7, 11) is 1.46. The largest absolute Gasteiger partial charge is 0.495 e. The van der Waals surface area contributed by atoms with Gasteiger partial charge in [-0.15, -0.1) is 0 Å². The molecular weight excluding hydrogens is 284 g/mol. The van der Waals surface area contributed by atoms with Gasteiger partial charge in [0.1, 0.15) is 11.3 Å². The van der Waals surface area contributed by atoms with E-state index in [2.05, 4.69) is 0 Å². The quantitative estimate of drug-likeness (QED) is 0.794. The molecule has 0 spiro atoms. The van der Waals surface area contributed by atoms with E-state index in [0.29, 0.717) is 5.75 Å². The SMILES string of the molecule is CCOC(=O)c1cc2ccccc2c(OC)c1C(=O)OCC. The molecule has 0 aliphatic carbocycles. The predicted octanol–water partition coefficient (Wildman–Crippen LogP) is 3.20. The predicted molar refractivity (Wildman–Crippen MR) is 82.4 cm³/mol. The van der Waals surface area contributed by atoms with Gasteiger partial charge in [0.15, 0.2) is 0 Å². The van der Waals surface area contributed by atoms with Crippen LogP contribution in [0.25, 0.3) is 10.8 Å². The van der Waals surface area contributed by atoms with Crippen molar-refractivity contribution < 1.29 is 23.8 Å². The topological polar surface area (TPSA) is 61.8 Å². The first kappa shape index (κ1) is 15.8. The van der Waals surface area contributed by atoms with Crippen molar-refractivity contribution in [1.29, 1.82) is 0 Å². The molecule has 5 nitrogen and oxygen atoms in total. The number of benzene rings is 2. The summed E-state index contributed by atoms with van der Waals surface area (Å²) in [6.45, 7) is 3.84. The number of rotatable bonds is 5. The molecule has 0 amide bonds. The molecule has 0 saturated heterocycles. The van der Waals surface area contributed by atoms with Crippen LogP contribution in [0, 0.1) is 0 Å². The van der Waals surface area contributed by atoms with Crippen LogP contribution in [0.2, 0.25) is 0 Å². The van der Waals surface area contributed by atoms with Crippen LogP contribution in [-0.2, 0) is 9.47 Å². The number of esters is 2. The van der Waals surface area contributed by atoms with Gasteiger partial charge < -0.3 is 14.2 Å². The smallest absolute Gasteiger partial charge is 0.342 e. The third-order valence-corrected chi connectivity index (χ3v) is 3.18. The van der Waals surface area contributed by atoms with Crippen LogP contribution in [0.15, 0.2) is 30.3 Å². The molecule has 0 radical (unpaired) electrons. The summed E-state index contributed by atoms with van der Waals surface area (Å²) in [6.07, 6.45) is 0. The average Bonchev–Trinajstić information content (AvgIpc) is 2.53. The van der Waals surface area contributed by atoms with Crippen LogP contribution in [0.3, 0.4) is 0 Å². The maximum Gasteiger partial charge on any atom is 0.342 e. The highest BCUT2D eigenvalue weighted by Gasteiger charge is 2.26. The number of fused-ring (bicyclic) bond motifs is 1. The highest BCUT2D eigenvalue weighted by Crippen LogP contribution is 2.33. The lowest BCUT2D eigenvalue weighted by molar-refractivity contribution is 0.0476. The van der Waals surface area contributed by atoms with E-state index in [1.165, 1.54) is 7.11 Å². The molecule has 0 saturated carbocycles. The van der Waals surface area contributed by atoms with E-state index >= 15 is 0 Å². The standard InChI is InChI=1S/C17H18O5/c1-4-21-16(18)13-10-11-8-6-7-9-12(11)15(20-3)14(13)17(19)22-5-2/h6-10H,4-5H2,1-3H3. The first-order valence-corrected chi connectivity index (χ1v) is 7.08. The summed E-state index contributed by atoms with van der Waals surface area (Å²) < 4.78 is 15.5. The van der Waals surface area contributed by atoms with Crippen molar-refractivity contribution in [2.75, 3.05) is 20.3 Å². The van der Waals surface area contributed by atoms with E-state index in [1.807, 2.05) is 24.3 Å². The normalized spacial score (nSPS) is 10.3. The number of hydrogen-bond acceptors (Lipinski definition) is 5. The van der Waals surface area contributed by atoms with Gasteiger partial charge in [-0.3, -0.25) is 0 Å². The van der Waals surface area contributed by atoms with Gasteiger partial charge in [-0.2, -0.15) is 0 Å². The van der Waals surface area contributed by atoms with Crippen LogP contribution >= 0.6 is 0 Å². The summed E-state index contributed by atoms with van der Waals surface area (Å²) in [4.78, 5) is 24.5. The first-order chi connectivity index (χ1) is 10.6. The summed E-state index contributed by atoms with van der Waals surface area (Å²) in [6, 6.07) is 8.98. The molecule has 0 heterocycles. The molecule has 0 fully saturated rings. The molecule has 116 valence electrons. The van der Waals surface area contributed by atoms with E-state index in [1.54, 1.807) is 19.9 Å². The average molecular weight is 302 g/mol. The van der Waals surface area contributed by atoms with Crippen LogP contribution in [0.5, 0.6) is 5.75 Å². The number of ether oxygens (including phenoxy) is 3. The number of methoxy groups -OCH3 is 1. The Kier molecular flexibility index (Phi) is 4.99. The van der Waals surface area contributed by atoms with Crippen molar-refractivity contribution in [1.82, 2.24) is 0 Å². The van der Waals surface area contributed by atoms with Crippen molar-refractivity contribution in [2.24, 2.45) is 0 Å². The van der Waals surface area contributed by atoms with Gasteiger partial charge in [-0.25, -0.2) is 9.59 Å². The molecule has 22 heavy (non-hydrogen) atoms. The Labute approximate surface area is 128 Å². The fourth-order valence-corrected chi connectivity index (χ4v) is 2.30. The minimum atomic E-state index is -0.604. The maximum absolute atomic E-state index is 12.3. The highest BCUT2D eigenvalue weighted by molar-refractivity contribution is 6.11. The van der Waals surface area contributed by atoms with Gasteiger partial charge in [-0.05, 0) is 25.3 Å². The van der Waals surface area contributed by atoms with Gasteiger partial charge in [0.05, 0.1) is 25.9 Å². The van der Waals surface area contributed by atoms with Crippen molar-refractivity contribution in [2.45, 2.75) is 13.8 Å². The monoisotopic (exact) mass is 302 g/mol. The van der Waals surface area contributed by atoms with E-state index in [0.717, 1.165) is 10.8 Å². The second kappa shape index (κ2) is 6.93. The Morgan fingerprint density at radius 2 is 1.64 bits per heavy atom. The first-order valence-electron chi connectivity index (χ1n) is 7.08. The lowest BCUT2D eigenvalue weighted by Gasteiger charge is -2.15. The molecule has 0 aliphatic rings. The Morgan fingerprint density at radius 1 is 1.00 bits per heavy atom. The minimum absolute atomic E-state index is 0.0986. The van der Waals surface area contributed by atoms with Gasteiger partial charge in [0.2, 0.25) is 0 Å². The number of carbonyl (C=O) groups excluding carboxylic acids is 2. The van der Waals surface area contributed by atoms with E-state index in [-0.39, 0.29) is 24.3 Å². The molecule has 0 atom stereocenters. The molecule has 2 aromatic carbocycles. The maximum atomic E-state index is 12.3. The summed E-state index contributed by atoms with van der Waals surface area (Å²) in [5.74, 6) is -0.859. The molecule has 0 aromatic heterocycles. The summed E-state index contributed by atoms with van der Waals surface area (Å²) in [5.41, 5.74) is 0.248. The molecule has 2 rings (SSSR count). The van der Waals surface area contributed by atoms with Crippen LogP contribution < -0.4 is 4.74 Å². The molecule has 0 aliphatic heterocycles. The summed E-state index contributed by atoms with van der Waals surface area (Å²) in [5, 5.41) is 1.52. The zero-order valence-electron chi connectivity index (χ0n) is 12.8. The number of carbonyl (C=O) groups is 2. The molecule has 2 aromatic rings.